The molecule has 2 amide bonds. The van der Waals surface area contributed by atoms with Crippen molar-refractivity contribution in [3.63, 3.8) is 0 Å². The monoisotopic (exact) mass is 272 g/mol. The van der Waals surface area contributed by atoms with Crippen LogP contribution in [0.25, 0.3) is 0 Å². The first-order valence-electron chi connectivity index (χ1n) is 6.27. The fraction of sp³-hybridized carbons (Fsp3) is 0.833. The van der Waals surface area contributed by atoms with E-state index >= 15 is 0 Å². The molecule has 0 aliphatic carbocycles. The summed E-state index contributed by atoms with van der Waals surface area (Å²) in [6, 6.07) is 0.284. The van der Waals surface area contributed by atoms with Crippen molar-refractivity contribution in [2.24, 2.45) is 5.41 Å². The van der Waals surface area contributed by atoms with Crippen molar-refractivity contribution >= 4 is 23.8 Å². The van der Waals surface area contributed by atoms with Crippen LogP contribution >= 0.6 is 11.8 Å². The van der Waals surface area contributed by atoms with Gasteiger partial charge < -0.3 is 14.9 Å². The Hall–Kier alpha value is -0.910. The van der Waals surface area contributed by atoms with Gasteiger partial charge in [-0.1, -0.05) is 0 Å². The Labute approximate surface area is 112 Å². The summed E-state index contributed by atoms with van der Waals surface area (Å²) in [7, 11) is 1.83. The van der Waals surface area contributed by atoms with E-state index in [0.717, 1.165) is 17.9 Å². The predicted molar refractivity (Wildman–Crippen MR) is 70.8 cm³/mol. The first-order valence-corrected chi connectivity index (χ1v) is 7.42. The van der Waals surface area contributed by atoms with Crippen LogP contribution in [-0.4, -0.2) is 64.6 Å². The number of thioether (sulfide) groups is 1. The summed E-state index contributed by atoms with van der Waals surface area (Å²) in [6.07, 6.45) is 1.58. The number of likely N-dealkylation sites (tertiary alicyclic amines) is 1. The van der Waals surface area contributed by atoms with Crippen LogP contribution in [0, 0.1) is 5.41 Å². The normalized spacial score (nSPS) is 31.7. The summed E-state index contributed by atoms with van der Waals surface area (Å²) in [5.74, 6) is 1.29. The van der Waals surface area contributed by atoms with Gasteiger partial charge in [-0.25, -0.2) is 4.79 Å². The van der Waals surface area contributed by atoms with Crippen LogP contribution in [0.2, 0.25) is 0 Å². The second-order valence-electron chi connectivity index (χ2n) is 5.45. The quantitative estimate of drug-likeness (QED) is 0.824. The molecule has 2 fully saturated rings. The largest absolute Gasteiger partial charge is 0.481 e. The number of aliphatic carboxylic acids is 1. The highest BCUT2D eigenvalue weighted by Crippen LogP contribution is 2.31. The van der Waals surface area contributed by atoms with E-state index in [9.17, 15) is 9.59 Å². The molecule has 0 aromatic heterocycles. The molecule has 0 aromatic carbocycles. The molecular formula is C12H20N2O3S. The highest BCUT2D eigenvalue weighted by molar-refractivity contribution is 7.99. The van der Waals surface area contributed by atoms with Crippen molar-refractivity contribution in [2.75, 3.05) is 31.6 Å². The van der Waals surface area contributed by atoms with E-state index in [4.69, 9.17) is 5.11 Å². The van der Waals surface area contributed by atoms with Crippen LogP contribution in [-0.2, 0) is 4.79 Å². The molecule has 2 saturated heterocycles. The maximum absolute atomic E-state index is 12.3. The van der Waals surface area contributed by atoms with E-state index in [1.54, 1.807) is 16.7 Å². The highest BCUT2D eigenvalue weighted by Gasteiger charge is 2.43. The molecule has 18 heavy (non-hydrogen) atoms. The van der Waals surface area contributed by atoms with Crippen LogP contribution in [0.5, 0.6) is 0 Å². The van der Waals surface area contributed by atoms with Crippen molar-refractivity contribution in [1.29, 1.82) is 0 Å². The van der Waals surface area contributed by atoms with Gasteiger partial charge >= 0.3 is 12.0 Å². The van der Waals surface area contributed by atoms with Gasteiger partial charge in [-0.3, -0.25) is 4.79 Å². The van der Waals surface area contributed by atoms with E-state index in [1.165, 1.54) is 0 Å². The molecule has 1 N–H and O–H groups in total. The molecule has 0 bridgehead atoms. The number of carboxylic acids is 1. The Morgan fingerprint density at radius 1 is 1.50 bits per heavy atom. The van der Waals surface area contributed by atoms with Crippen LogP contribution in [0.3, 0.4) is 0 Å². The van der Waals surface area contributed by atoms with Gasteiger partial charge in [-0.2, -0.15) is 11.8 Å². The van der Waals surface area contributed by atoms with E-state index in [0.29, 0.717) is 25.6 Å². The Morgan fingerprint density at radius 3 is 2.72 bits per heavy atom. The van der Waals surface area contributed by atoms with Gasteiger partial charge in [-0.15, -0.1) is 0 Å². The Morgan fingerprint density at radius 2 is 2.22 bits per heavy atom. The molecule has 0 radical (unpaired) electrons. The zero-order valence-electron chi connectivity index (χ0n) is 10.9. The van der Waals surface area contributed by atoms with Crippen LogP contribution < -0.4 is 0 Å². The molecule has 0 saturated carbocycles. The third-order valence-electron chi connectivity index (χ3n) is 4.02. The molecule has 2 atom stereocenters. The van der Waals surface area contributed by atoms with Gasteiger partial charge in [-0.05, 0) is 25.5 Å². The summed E-state index contributed by atoms with van der Waals surface area (Å²) in [6.45, 7) is 2.59. The number of amides is 2. The molecule has 0 aromatic rings. The minimum atomic E-state index is -0.808. The zero-order valence-corrected chi connectivity index (χ0v) is 11.7. The fourth-order valence-corrected chi connectivity index (χ4v) is 3.77. The fourth-order valence-electron chi connectivity index (χ4n) is 2.51. The zero-order chi connectivity index (χ0) is 13.3. The lowest BCUT2D eigenvalue weighted by Crippen LogP contribution is -2.46. The van der Waals surface area contributed by atoms with Crippen LogP contribution in [0.15, 0.2) is 0 Å². The molecule has 2 aliphatic rings. The predicted octanol–water partition coefficient (Wildman–Crippen LogP) is 1.34. The lowest BCUT2D eigenvalue weighted by atomic mass is 9.90. The van der Waals surface area contributed by atoms with Gasteiger partial charge in [0, 0.05) is 31.9 Å². The molecule has 102 valence electrons. The minimum Gasteiger partial charge on any atom is -0.481 e. The number of carboxylic acid groups (broad SMARTS) is 1. The summed E-state index contributed by atoms with van der Waals surface area (Å²) < 4.78 is 0. The summed E-state index contributed by atoms with van der Waals surface area (Å²) >= 11 is 1.87. The van der Waals surface area contributed by atoms with Crippen molar-refractivity contribution in [2.45, 2.75) is 25.8 Å². The SMILES string of the molecule is CN(C(=O)N1CCC(C)(C(=O)O)C1)C1CCSC1. The van der Waals surface area contributed by atoms with E-state index in [-0.39, 0.29) is 6.03 Å². The molecule has 2 heterocycles. The Balaban J connectivity index is 1.96. The molecule has 2 aliphatic heterocycles. The molecular weight excluding hydrogens is 252 g/mol. The van der Waals surface area contributed by atoms with E-state index in [2.05, 4.69) is 0 Å². The number of carbonyl (C=O) groups excluding carboxylic acids is 1. The Bertz CT molecular complexity index is 357. The molecule has 5 nitrogen and oxygen atoms in total. The summed E-state index contributed by atoms with van der Waals surface area (Å²) in [5, 5.41) is 9.17. The summed E-state index contributed by atoms with van der Waals surface area (Å²) in [5.41, 5.74) is -0.777. The van der Waals surface area contributed by atoms with Crippen molar-refractivity contribution < 1.29 is 14.7 Å². The third kappa shape index (κ3) is 2.43. The molecule has 0 spiro atoms. The third-order valence-corrected chi connectivity index (χ3v) is 5.16. The van der Waals surface area contributed by atoms with E-state index in [1.807, 2.05) is 18.8 Å². The van der Waals surface area contributed by atoms with E-state index < -0.39 is 11.4 Å². The average molecular weight is 272 g/mol. The second kappa shape index (κ2) is 4.99. The molecule has 2 unspecified atom stereocenters. The lowest BCUT2D eigenvalue weighted by Gasteiger charge is -2.29. The number of hydrogen-bond donors (Lipinski definition) is 1. The van der Waals surface area contributed by atoms with Gasteiger partial charge in [0.2, 0.25) is 0 Å². The van der Waals surface area contributed by atoms with Gasteiger partial charge in [0.1, 0.15) is 0 Å². The van der Waals surface area contributed by atoms with Gasteiger partial charge in [0.15, 0.2) is 0 Å². The first-order chi connectivity index (χ1) is 8.44. The highest BCUT2D eigenvalue weighted by atomic mass is 32.2. The van der Waals surface area contributed by atoms with Crippen molar-refractivity contribution in [3.8, 4) is 0 Å². The topological polar surface area (TPSA) is 60.9 Å². The summed E-state index contributed by atoms with van der Waals surface area (Å²) in [4.78, 5) is 26.9. The standard InChI is InChI=1S/C12H20N2O3S/c1-12(10(15)16)4-5-14(8-12)11(17)13(2)9-3-6-18-7-9/h9H,3-8H2,1-2H3,(H,15,16). The lowest BCUT2D eigenvalue weighted by molar-refractivity contribution is -0.147. The number of carbonyl (C=O) groups is 2. The smallest absolute Gasteiger partial charge is 0.320 e. The van der Waals surface area contributed by atoms with Crippen LogP contribution in [0.1, 0.15) is 19.8 Å². The molecule has 2 rings (SSSR count). The van der Waals surface area contributed by atoms with Crippen LogP contribution in [0.4, 0.5) is 4.79 Å². The number of hydrogen-bond acceptors (Lipinski definition) is 3. The number of nitrogens with zero attached hydrogens (tertiary/aromatic N) is 2. The van der Waals surface area contributed by atoms with Gasteiger partial charge in [0.05, 0.1) is 5.41 Å². The molecule has 6 heteroatoms. The average Bonchev–Trinajstić information content (AvgIpc) is 2.96. The van der Waals surface area contributed by atoms with Crippen molar-refractivity contribution in [3.05, 3.63) is 0 Å². The number of urea groups is 1. The Kier molecular flexibility index (Phi) is 3.75. The van der Waals surface area contributed by atoms with Crippen molar-refractivity contribution in [1.82, 2.24) is 9.80 Å². The van der Waals surface area contributed by atoms with Gasteiger partial charge in [0.25, 0.3) is 0 Å². The minimum absolute atomic E-state index is 0.0209. The number of rotatable bonds is 2. The first kappa shape index (κ1) is 13.5. The maximum Gasteiger partial charge on any atom is 0.320 e. The maximum atomic E-state index is 12.3. The second-order valence-corrected chi connectivity index (χ2v) is 6.60.